The SMILES string of the molecule is COc1ccc(CN(C)C(=O)CSc2ccc(F)cc2)c(OC)c1OC. The van der Waals surface area contributed by atoms with E-state index in [9.17, 15) is 9.18 Å². The number of methoxy groups -OCH3 is 3. The standard InChI is InChI=1S/C19H22FNO4S/c1-21(17(22)12-26-15-8-6-14(20)7-9-15)11-13-5-10-16(23-2)19(25-4)18(13)24-3/h5-10H,11-12H2,1-4H3. The van der Waals surface area contributed by atoms with Gasteiger partial charge in [0.05, 0.1) is 27.1 Å². The Labute approximate surface area is 157 Å². The molecule has 0 aromatic heterocycles. The molecule has 2 aromatic rings. The molecule has 2 aromatic carbocycles. The number of carbonyl (C=O) groups is 1. The third-order valence-corrected chi connectivity index (χ3v) is 4.79. The van der Waals surface area contributed by atoms with Crippen molar-refractivity contribution >= 4 is 17.7 Å². The molecule has 0 saturated carbocycles. The number of thioether (sulfide) groups is 1. The molecule has 0 spiro atoms. The van der Waals surface area contributed by atoms with E-state index >= 15 is 0 Å². The molecule has 0 N–H and O–H groups in total. The lowest BCUT2D eigenvalue weighted by Crippen LogP contribution is -2.28. The van der Waals surface area contributed by atoms with Gasteiger partial charge in [0, 0.05) is 24.1 Å². The molecule has 7 heteroatoms. The average Bonchev–Trinajstić information content (AvgIpc) is 2.66. The van der Waals surface area contributed by atoms with Gasteiger partial charge in [-0.15, -0.1) is 11.8 Å². The Balaban J connectivity index is 2.05. The van der Waals surface area contributed by atoms with Crippen LogP contribution in [0.2, 0.25) is 0 Å². The third-order valence-electron chi connectivity index (χ3n) is 3.79. The van der Waals surface area contributed by atoms with Crippen molar-refractivity contribution in [3.63, 3.8) is 0 Å². The van der Waals surface area contributed by atoms with E-state index in [1.807, 2.05) is 6.07 Å². The molecule has 0 radical (unpaired) electrons. The van der Waals surface area contributed by atoms with Crippen LogP contribution < -0.4 is 14.2 Å². The summed E-state index contributed by atoms with van der Waals surface area (Å²) in [6, 6.07) is 9.70. The maximum atomic E-state index is 12.9. The quantitative estimate of drug-likeness (QED) is 0.656. The highest BCUT2D eigenvalue weighted by atomic mass is 32.2. The van der Waals surface area contributed by atoms with E-state index in [1.54, 1.807) is 51.5 Å². The lowest BCUT2D eigenvalue weighted by atomic mass is 10.1. The van der Waals surface area contributed by atoms with Gasteiger partial charge in [-0.3, -0.25) is 4.79 Å². The van der Waals surface area contributed by atoms with Gasteiger partial charge in [0.25, 0.3) is 0 Å². The maximum absolute atomic E-state index is 12.9. The van der Waals surface area contributed by atoms with E-state index in [2.05, 4.69) is 0 Å². The van der Waals surface area contributed by atoms with Crippen LogP contribution in [0.5, 0.6) is 17.2 Å². The normalized spacial score (nSPS) is 10.3. The number of hydrogen-bond donors (Lipinski definition) is 0. The first-order chi connectivity index (χ1) is 12.5. The van der Waals surface area contributed by atoms with Crippen molar-refractivity contribution in [2.75, 3.05) is 34.1 Å². The summed E-state index contributed by atoms with van der Waals surface area (Å²) in [4.78, 5) is 14.9. The summed E-state index contributed by atoms with van der Waals surface area (Å²) in [5.74, 6) is 1.52. The molecule has 0 fully saturated rings. The number of hydrogen-bond acceptors (Lipinski definition) is 5. The van der Waals surface area contributed by atoms with Gasteiger partial charge in [-0.25, -0.2) is 4.39 Å². The average molecular weight is 379 g/mol. The summed E-state index contributed by atoms with van der Waals surface area (Å²) in [5.41, 5.74) is 0.813. The fourth-order valence-electron chi connectivity index (χ4n) is 2.42. The van der Waals surface area contributed by atoms with Gasteiger partial charge in [0.15, 0.2) is 11.5 Å². The lowest BCUT2D eigenvalue weighted by Gasteiger charge is -2.21. The summed E-state index contributed by atoms with van der Waals surface area (Å²) < 4.78 is 29.0. The molecule has 0 aliphatic heterocycles. The van der Waals surface area contributed by atoms with Gasteiger partial charge in [-0.05, 0) is 36.4 Å². The van der Waals surface area contributed by atoms with Crippen LogP contribution in [0.3, 0.4) is 0 Å². The topological polar surface area (TPSA) is 48.0 Å². The van der Waals surface area contributed by atoms with Crippen LogP contribution in [0.4, 0.5) is 4.39 Å². The predicted molar refractivity (Wildman–Crippen MR) is 99.7 cm³/mol. The Morgan fingerprint density at radius 2 is 1.65 bits per heavy atom. The smallest absolute Gasteiger partial charge is 0.232 e. The van der Waals surface area contributed by atoms with E-state index in [-0.39, 0.29) is 17.5 Å². The molecule has 2 rings (SSSR count). The van der Waals surface area contributed by atoms with Crippen molar-refractivity contribution in [3.8, 4) is 17.2 Å². The Hall–Kier alpha value is -2.41. The van der Waals surface area contributed by atoms with Gasteiger partial charge in [0.2, 0.25) is 11.7 Å². The molecule has 1 amide bonds. The van der Waals surface area contributed by atoms with Crippen LogP contribution in [-0.4, -0.2) is 44.9 Å². The van der Waals surface area contributed by atoms with Gasteiger partial charge in [-0.1, -0.05) is 0 Å². The van der Waals surface area contributed by atoms with Crippen LogP contribution >= 0.6 is 11.8 Å². The fourth-order valence-corrected chi connectivity index (χ4v) is 3.26. The maximum Gasteiger partial charge on any atom is 0.232 e. The summed E-state index contributed by atoms with van der Waals surface area (Å²) in [7, 11) is 6.37. The minimum absolute atomic E-state index is 0.0452. The zero-order valence-corrected chi connectivity index (χ0v) is 16.1. The molecule has 5 nitrogen and oxygen atoms in total. The van der Waals surface area contributed by atoms with Crippen LogP contribution in [0.15, 0.2) is 41.3 Å². The largest absolute Gasteiger partial charge is 0.493 e. The van der Waals surface area contributed by atoms with Crippen molar-refractivity contribution in [2.45, 2.75) is 11.4 Å². The number of rotatable bonds is 8. The minimum Gasteiger partial charge on any atom is -0.493 e. The summed E-state index contributed by atoms with van der Waals surface area (Å²) in [6.07, 6.45) is 0. The highest BCUT2D eigenvalue weighted by molar-refractivity contribution is 8.00. The molecule has 0 aliphatic carbocycles. The van der Waals surface area contributed by atoms with Crippen molar-refractivity contribution in [3.05, 3.63) is 47.8 Å². The van der Waals surface area contributed by atoms with Crippen LogP contribution in [0, 0.1) is 5.82 Å². The highest BCUT2D eigenvalue weighted by Crippen LogP contribution is 2.40. The van der Waals surface area contributed by atoms with E-state index in [4.69, 9.17) is 14.2 Å². The Morgan fingerprint density at radius 3 is 2.23 bits per heavy atom. The molecule has 0 atom stereocenters. The summed E-state index contributed by atoms with van der Waals surface area (Å²) in [6.45, 7) is 0.367. The number of ether oxygens (including phenoxy) is 3. The fraction of sp³-hybridized carbons (Fsp3) is 0.316. The number of carbonyl (C=O) groups excluding carboxylic acids is 1. The van der Waals surface area contributed by atoms with E-state index in [0.717, 1.165) is 10.5 Å². The first-order valence-electron chi connectivity index (χ1n) is 7.90. The van der Waals surface area contributed by atoms with E-state index in [0.29, 0.717) is 23.8 Å². The summed E-state index contributed by atoms with van der Waals surface area (Å²) in [5, 5.41) is 0. The Bertz CT molecular complexity index is 752. The monoisotopic (exact) mass is 379 g/mol. The number of halogens is 1. The molecule has 0 aliphatic rings. The summed E-state index contributed by atoms with van der Waals surface area (Å²) >= 11 is 1.37. The molecule has 0 unspecified atom stereocenters. The first kappa shape index (κ1) is 19.9. The third kappa shape index (κ3) is 4.82. The van der Waals surface area contributed by atoms with Crippen LogP contribution in [0.25, 0.3) is 0 Å². The zero-order valence-electron chi connectivity index (χ0n) is 15.2. The Morgan fingerprint density at radius 1 is 1.00 bits per heavy atom. The number of nitrogens with zero attached hydrogens (tertiary/aromatic N) is 1. The molecule has 0 saturated heterocycles. The van der Waals surface area contributed by atoms with E-state index < -0.39 is 0 Å². The number of benzene rings is 2. The van der Waals surface area contributed by atoms with Gasteiger partial charge >= 0.3 is 0 Å². The molecular weight excluding hydrogens is 357 g/mol. The van der Waals surface area contributed by atoms with Gasteiger partial charge < -0.3 is 19.1 Å². The second-order valence-corrected chi connectivity index (χ2v) is 6.53. The van der Waals surface area contributed by atoms with Crippen LogP contribution in [0.1, 0.15) is 5.56 Å². The van der Waals surface area contributed by atoms with Crippen molar-refractivity contribution in [2.24, 2.45) is 0 Å². The molecular formula is C19H22FNO4S. The molecule has 0 bridgehead atoms. The lowest BCUT2D eigenvalue weighted by molar-refractivity contribution is -0.127. The van der Waals surface area contributed by atoms with Crippen molar-refractivity contribution in [1.82, 2.24) is 4.90 Å². The minimum atomic E-state index is -0.293. The molecule has 0 heterocycles. The molecule has 26 heavy (non-hydrogen) atoms. The van der Waals surface area contributed by atoms with E-state index in [1.165, 1.54) is 23.9 Å². The second-order valence-electron chi connectivity index (χ2n) is 5.49. The van der Waals surface area contributed by atoms with Crippen LogP contribution in [-0.2, 0) is 11.3 Å². The zero-order chi connectivity index (χ0) is 19.1. The predicted octanol–water partition coefficient (Wildman–Crippen LogP) is 3.60. The van der Waals surface area contributed by atoms with Crippen molar-refractivity contribution in [1.29, 1.82) is 0 Å². The van der Waals surface area contributed by atoms with Gasteiger partial charge in [0.1, 0.15) is 5.82 Å². The Kier molecular flexibility index (Phi) is 7.15. The number of amides is 1. The first-order valence-corrected chi connectivity index (χ1v) is 8.88. The van der Waals surface area contributed by atoms with Crippen molar-refractivity contribution < 1.29 is 23.4 Å². The molecule has 140 valence electrons. The second kappa shape index (κ2) is 9.33. The highest BCUT2D eigenvalue weighted by Gasteiger charge is 2.18. The van der Waals surface area contributed by atoms with Gasteiger partial charge in [-0.2, -0.15) is 0 Å².